The smallest absolute Gasteiger partial charge is 0.0627 e. The van der Waals surface area contributed by atoms with E-state index in [1.807, 2.05) is 13.0 Å². The first-order chi connectivity index (χ1) is 6.61. The van der Waals surface area contributed by atoms with E-state index in [0.29, 0.717) is 10.0 Å². The van der Waals surface area contributed by atoms with Gasteiger partial charge in [0.05, 0.1) is 22.7 Å². The predicted molar refractivity (Wildman–Crippen MR) is 59.9 cm³/mol. The molecule has 1 atom stereocenters. The molecule has 0 heterocycles. The van der Waals surface area contributed by atoms with Gasteiger partial charge in [-0.15, -0.1) is 0 Å². The lowest BCUT2D eigenvalue weighted by atomic mass is 9.99. The van der Waals surface area contributed by atoms with E-state index in [-0.39, 0.29) is 12.6 Å². The highest BCUT2D eigenvalue weighted by molar-refractivity contribution is 6.42. The van der Waals surface area contributed by atoms with Crippen LogP contribution >= 0.6 is 23.2 Å². The van der Waals surface area contributed by atoms with Gasteiger partial charge in [-0.25, -0.2) is 0 Å². The van der Waals surface area contributed by atoms with Gasteiger partial charge in [-0.3, -0.25) is 0 Å². The lowest BCUT2D eigenvalue weighted by Crippen LogP contribution is -2.16. The van der Waals surface area contributed by atoms with E-state index in [4.69, 9.17) is 34.0 Å². The largest absolute Gasteiger partial charge is 0.394 e. The van der Waals surface area contributed by atoms with Crippen molar-refractivity contribution < 1.29 is 5.11 Å². The van der Waals surface area contributed by atoms with E-state index in [1.54, 1.807) is 6.07 Å². The second-order valence-corrected chi connectivity index (χ2v) is 3.86. The standard InChI is InChI=1S/C10H13Cl2NO/c1-2-6-7(9(13)5-14)3-4-8(11)10(6)12/h3-4,9,14H,2,5,13H2,1H3/t9-/m0/s1. The molecule has 0 saturated heterocycles. The third-order valence-corrected chi connectivity index (χ3v) is 3.03. The number of halogens is 2. The van der Waals surface area contributed by atoms with Crippen molar-refractivity contribution >= 4 is 23.2 Å². The topological polar surface area (TPSA) is 46.2 Å². The summed E-state index contributed by atoms with van der Waals surface area (Å²) < 4.78 is 0. The maximum Gasteiger partial charge on any atom is 0.0627 e. The predicted octanol–water partition coefficient (Wildman–Crippen LogP) is 2.55. The molecule has 1 aromatic rings. The van der Waals surface area contributed by atoms with Crippen LogP contribution < -0.4 is 5.73 Å². The Labute approximate surface area is 93.6 Å². The van der Waals surface area contributed by atoms with Gasteiger partial charge in [-0.1, -0.05) is 36.2 Å². The molecule has 2 nitrogen and oxygen atoms in total. The van der Waals surface area contributed by atoms with Crippen LogP contribution in [0.2, 0.25) is 10.0 Å². The molecular formula is C10H13Cl2NO. The normalized spacial score (nSPS) is 12.9. The van der Waals surface area contributed by atoms with Crippen LogP contribution in [0.15, 0.2) is 12.1 Å². The van der Waals surface area contributed by atoms with Gasteiger partial charge in [0.2, 0.25) is 0 Å². The van der Waals surface area contributed by atoms with E-state index < -0.39 is 0 Å². The average Bonchev–Trinajstić information content (AvgIpc) is 2.20. The summed E-state index contributed by atoms with van der Waals surface area (Å²) in [6.07, 6.45) is 0.752. The minimum absolute atomic E-state index is 0.0923. The molecule has 1 aromatic carbocycles. The van der Waals surface area contributed by atoms with Crippen LogP contribution in [0, 0.1) is 0 Å². The molecule has 0 fully saturated rings. The second kappa shape index (κ2) is 4.99. The lowest BCUT2D eigenvalue weighted by Gasteiger charge is -2.15. The van der Waals surface area contributed by atoms with Crippen LogP contribution in [-0.2, 0) is 6.42 Å². The zero-order chi connectivity index (χ0) is 10.7. The molecule has 0 saturated carbocycles. The molecule has 0 aliphatic rings. The number of aliphatic hydroxyl groups is 1. The molecule has 0 spiro atoms. The van der Waals surface area contributed by atoms with Crippen LogP contribution in [-0.4, -0.2) is 11.7 Å². The third-order valence-electron chi connectivity index (χ3n) is 2.18. The van der Waals surface area contributed by atoms with Gasteiger partial charge in [0.25, 0.3) is 0 Å². The molecule has 4 heteroatoms. The molecule has 3 N–H and O–H groups in total. The summed E-state index contributed by atoms with van der Waals surface area (Å²) >= 11 is 11.9. The van der Waals surface area contributed by atoms with Crippen molar-refractivity contribution in [3.05, 3.63) is 33.3 Å². The number of hydrogen-bond donors (Lipinski definition) is 2. The molecule has 0 amide bonds. The molecular weight excluding hydrogens is 221 g/mol. The number of hydrogen-bond acceptors (Lipinski definition) is 2. The average molecular weight is 234 g/mol. The number of benzene rings is 1. The zero-order valence-corrected chi connectivity index (χ0v) is 9.44. The Kier molecular flexibility index (Phi) is 4.20. The minimum Gasteiger partial charge on any atom is -0.394 e. The fraction of sp³-hybridized carbons (Fsp3) is 0.400. The van der Waals surface area contributed by atoms with Crippen LogP contribution in [0.25, 0.3) is 0 Å². The first-order valence-electron chi connectivity index (χ1n) is 4.45. The summed E-state index contributed by atoms with van der Waals surface area (Å²) in [4.78, 5) is 0. The van der Waals surface area contributed by atoms with Crippen molar-refractivity contribution in [1.29, 1.82) is 0 Å². The first kappa shape index (κ1) is 11.8. The Balaban J connectivity index is 3.23. The van der Waals surface area contributed by atoms with Gasteiger partial charge >= 0.3 is 0 Å². The molecule has 0 aliphatic heterocycles. The van der Waals surface area contributed by atoms with Crippen molar-refractivity contribution in [1.82, 2.24) is 0 Å². The van der Waals surface area contributed by atoms with Gasteiger partial charge in [0.15, 0.2) is 0 Å². The van der Waals surface area contributed by atoms with Crippen molar-refractivity contribution in [2.45, 2.75) is 19.4 Å². The molecule has 1 rings (SSSR count). The monoisotopic (exact) mass is 233 g/mol. The molecule has 0 radical (unpaired) electrons. The summed E-state index contributed by atoms with van der Waals surface area (Å²) in [6, 6.07) is 3.13. The zero-order valence-electron chi connectivity index (χ0n) is 7.93. The van der Waals surface area contributed by atoms with Gasteiger partial charge in [0.1, 0.15) is 0 Å². The highest BCUT2D eigenvalue weighted by Crippen LogP contribution is 2.31. The molecule has 0 unspecified atom stereocenters. The Morgan fingerprint density at radius 1 is 1.43 bits per heavy atom. The van der Waals surface area contributed by atoms with Gasteiger partial charge in [-0.05, 0) is 23.6 Å². The quantitative estimate of drug-likeness (QED) is 0.844. The Bertz CT molecular complexity index is 328. The van der Waals surface area contributed by atoms with Crippen LogP contribution in [0.1, 0.15) is 24.1 Å². The highest BCUT2D eigenvalue weighted by Gasteiger charge is 2.13. The van der Waals surface area contributed by atoms with Crippen LogP contribution in [0.4, 0.5) is 0 Å². The molecule has 14 heavy (non-hydrogen) atoms. The first-order valence-corrected chi connectivity index (χ1v) is 5.20. The highest BCUT2D eigenvalue weighted by atomic mass is 35.5. The van der Waals surface area contributed by atoms with Gasteiger partial charge < -0.3 is 10.8 Å². The lowest BCUT2D eigenvalue weighted by molar-refractivity contribution is 0.267. The summed E-state index contributed by atoms with van der Waals surface area (Å²) in [7, 11) is 0. The Hall–Kier alpha value is -0.280. The van der Waals surface area contributed by atoms with E-state index >= 15 is 0 Å². The molecule has 0 aliphatic carbocycles. The molecule has 0 bridgehead atoms. The minimum atomic E-state index is -0.389. The Morgan fingerprint density at radius 2 is 2.07 bits per heavy atom. The third kappa shape index (κ3) is 2.20. The fourth-order valence-electron chi connectivity index (χ4n) is 1.41. The SMILES string of the molecule is CCc1c([C@@H](N)CO)ccc(Cl)c1Cl. The number of aliphatic hydroxyl groups excluding tert-OH is 1. The van der Waals surface area contributed by atoms with E-state index in [0.717, 1.165) is 17.5 Å². The van der Waals surface area contributed by atoms with E-state index in [9.17, 15) is 0 Å². The van der Waals surface area contributed by atoms with Gasteiger partial charge in [0, 0.05) is 0 Å². The number of nitrogens with two attached hydrogens (primary N) is 1. The second-order valence-electron chi connectivity index (χ2n) is 3.07. The van der Waals surface area contributed by atoms with E-state index in [2.05, 4.69) is 0 Å². The van der Waals surface area contributed by atoms with Crippen molar-refractivity contribution in [3.63, 3.8) is 0 Å². The summed E-state index contributed by atoms with van der Waals surface area (Å²) in [5, 5.41) is 10.0. The fourth-order valence-corrected chi connectivity index (χ4v) is 1.90. The maximum atomic E-state index is 8.97. The molecule has 0 aromatic heterocycles. The number of rotatable bonds is 3. The maximum absolute atomic E-state index is 8.97. The van der Waals surface area contributed by atoms with Crippen LogP contribution in [0.3, 0.4) is 0 Å². The van der Waals surface area contributed by atoms with Crippen molar-refractivity contribution in [3.8, 4) is 0 Å². The van der Waals surface area contributed by atoms with Crippen molar-refractivity contribution in [2.75, 3.05) is 6.61 Å². The van der Waals surface area contributed by atoms with Crippen LogP contribution in [0.5, 0.6) is 0 Å². The summed E-state index contributed by atoms with van der Waals surface area (Å²) in [5.41, 5.74) is 7.52. The molecule has 78 valence electrons. The van der Waals surface area contributed by atoms with Gasteiger partial charge in [-0.2, -0.15) is 0 Å². The van der Waals surface area contributed by atoms with Crippen molar-refractivity contribution in [2.24, 2.45) is 5.73 Å². The van der Waals surface area contributed by atoms with E-state index in [1.165, 1.54) is 0 Å². The Morgan fingerprint density at radius 3 is 2.57 bits per heavy atom. The summed E-state index contributed by atoms with van der Waals surface area (Å²) in [6.45, 7) is 1.89. The summed E-state index contributed by atoms with van der Waals surface area (Å²) in [5.74, 6) is 0.